The molecule has 0 N–H and O–H groups in total. The van der Waals surface area contributed by atoms with Crippen molar-refractivity contribution in [2.45, 2.75) is 65.1 Å². The molecule has 0 aromatic carbocycles. The first-order chi connectivity index (χ1) is 11.1. The number of nitrogens with zero attached hydrogens (tertiary/aromatic N) is 3. The van der Waals surface area contributed by atoms with Gasteiger partial charge in [-0.15, -0.1) is 0 Å². The summed E-state index contributed by atoms with van der Waals surface area (Å²) >= 11 is 0. The van der Waals surface area contributed by atoms with Crippen molar-refractivity contribution in [2.24, 2.45) is 20.4 Å². The molecule has 128 valence electrons. The highest BCUT2D eigenvalue weighted by Gasteiger charge is 2.52. The maximum Gasteiger partial charge on any atom is 0.209 e. The molecule has 0 saturated carbocycles. The maximum absolute atomic E-state index is 5.91. The minimum Gasteiger partial charge on any atom is -0.478 e. The first kappa shape index (κ1) is 16.3. The van der Waals surface area contributed by atoms with Crippen molar-refractivity contribution in [3.8, 4) is 0 Å². The first-order valence-electron chi connectivity index (χ1n) is 8.74. The predicted molar refractivity (Wildman–Crippen MR) is 90.5 cm³/mol. The Bertz CT molecular complexity index is 467. The van der Waals surface area contributed by atoms with Gasteiger partial charge in [0.1, 0.15) is 19.8 Å². The maximum atomic E-state index is 5.91. The third-order valence-corrected chi connectivity index (χ3v) is 4.83. The van der Waals surface area contributed by atoms with Crippen LogP contribution in [0.1, 0.15) is 47.0 Å². The van der Waals surface area contributed by atoms with Gasteiger partial charge in [0.05, 0.1) is 18.1 Å². The van der Waals surface area contributed by atoms with Crippen LogP contribution in [0, 0.1) is 5.41 Å². The summed E-state index contributed by atoms with van der Waals surface area (Å²) in [7, 11) is 0. The molecule has 3 aliphatic rings. The summed E-state index contributed by atoms with van der Waals surface area (Å²) in [4.78, 5) is 14.2. The molecular weight excluding hydrogens is 294 g/mol. The standard InChI is InChI=1S/C17H27N3O3/c1-5-11-8-21-14(18-11)17(4,15-19-12(6-2)9-22-15)16-20-13(7-3)10-23-16/h11-13H,5-10H2,1-4H3. The van der Waals surface area contributed by atoms with E-state index in [1.54, 1.807) is 0 Å². The number of hydrogen-bond donors (Lipinski definition) is 0. The van der Waals surface area contributed by atoms with Gasteiger partial charge in [-0.2, -0.15) is 0 Å². The molecular formula is C17H27N3O3. The molecule has 6 nitrogen and oxygen atoms in total. The lowest BCUT2D eigenvalue weighted by molar-refractivity contribution is 0.251. The van der Waals surface area contributed by atoms with Gasteiger partial charge in [0.25, 0.3) is 0 Å². The zero-order valence-corrected chi connectivity index (χ0v) is 14.5. The second-order valence-electron chi connectivity index (χ2n) is 6.55. The molecule has 0 amide bonds. The SMILES string of the molecule is CCC1COC(C(C)(C2=NC(CC)CO2)C2=NC(CC)CO2)=N1. The van der Waals surface area contributed by atoms with Crippen LogP contribution in [0.5, 0.6) is 0 Å². The summed E-state index contributed by atoms with van der Waals surface area (Å²) in [5, 5.41) is 0. The highest BCUT2D eigenvalue weighted by Crippen LogP contribution is 2.34. The fraction of sp³-hybridized carbons (Fsp3) is 0.824. The van der Waals surface area contributed by atoms with Crippen LogP contribution in [0.25, 0.3) is 0 Å². The van der Waals surface area contributed by atoms with Crippen LogP contribution in [0.15, 0.2) is 15.0 Å². The van der Waals surface area contributed by atoms with Crippen LogP contribution in [-0.4, -0.2) is 55.6 Å². The van der Waals surface area contributed by atoms with Crippen LogP contribution in [0.3, 0.4) is 0 Å². The van der Waals surface area contributed by atoms with E-state index in [1.165, 1.54) is 0 Å². The molecule has 0 spiro atoms. The van der Waals surface area contributed by atoms with Crippen molar-refractivity contribution < 1.29 is 14.2 Å². The average molecular weight is 321 g/mol. The van der Waals surface area contributed by atoms with E-state index in [2.05, 4.69) is 20.8 Å². The molecule has 3 atom stereocenters. The smallest absolute Gasteiger partial charge is 0.209 e. The van der Waals surface area contributed by atoms with E-state index >= 15 is 0 Å². The number of rotatable bonds is 6. The normalized spacial score (nSPS) is 32.3. The Kier molecular flexibility index (Phi) is 4.60. The van der Waals surface area contributed by atoms with Crippen molar-refractivity contribution in [3.63, 3.8) is 0 Å². The first-order valence-corrected chi connectivity index (χ1v) is 8.74. The van der Waals surface area contributed by atoms with E-state index < -0.39 is 5.41 Å². The Hall–Kier alpha value is -1.59. The second kappa shape index (κ2) is 6.49. The highest BCUT2D eigenvalue weighted by atomic mass is 16.5. The zero-order chi connectivity index (χ0) is 16.4. The molecule has 0 aliphatic carbocycles. The van der Waals surface area contributed by atoms with Crippen molar-refractivity contribution >= 4 is 17.7 Å². The molecule has 3 aliphatic heterocycles. The molecule has 6 heteroatoms. The molecule has 0 aromatic rings. The topological polar surface area (TPSA) is 64.8 Å². The van der Waals surface area contributed by atoms with Gasteiger partial charge in [0, 0.05) is 0 Å². The van der Waals surface area contributed by atoms with Gasteiger partial charge < -0.3 is 14.2 Å². The Morgan fingerprint density at radius 3 is 1.26 bits per heavy atom. The molecule has 0 fully saturated rings. The van der Waals surface area contributed by atoms with E-state index in [0.717, 1.165) is 19.3 Å². The van der Waals surface area contributed by atoms with Crippen LogP contribution in [0.4, 0.5) is 0 Å². The van der Waals surface area contributed by atoms with Gasteiger partial charge in [-0.05, 0) is 26.2 Å². The van der Waals surface area contributed by atoms with Crippen molar-refractivity contribution in [1.82, 2.24) is 0 Å². The molecule has 0 bridgehead atoms. The lowest BCUT2D eigenvalue weighted by Gasteiger charge is -2.26. The third-order valence-electron chi connectivity index (χ3n) is 4.83. The molecule has 0 saturated heterocycles. The van der Waals surface area contributed by atoms with Crippen LogP contribution >= 0.6 is 0 Å². The van der Waals surface area contributed by atoms with E-state index in [0.29, 0.717) is 37.5 Å². The zero-order valence-electron chi connectivity index (χ0n) is 14.5. The summed E-state index contributed by atoms with van der Waals surface area (Å²) in [6, 6.07) is 0.576. The highest BCUT2D eigenvalue weighted by molar-refractivity contribution is 6.23. The second-order valence-corrected chi connectivity index (χ2v) is 6.55. The van der Waals surface area contributed by atoms with Gasteiger partial charge >= 0.3 is 0 Å². The Morgan fingerprint density at radius 1 is 0.739 bits per heavy atom. The summed E-state index contributed by atoms with van der Waals surface area (Å²) in [6.45, 7) is 10.2. The number of hydrogen-bond acceptors (Lipinski definition) is 6. The van der Waals surface area contributed by atoms with Gasteiger partial charge in [-0.1, -0.05) is 20.8 Å². The molecule has 3 rings (SSSR count). The quantitative estimate of drug-likeness (QED) is 0.755. The van der Waals surface area contributed by atoms with Crippen LogP contribution < -0.4 is 0 Å². The fourth-order valence-corrected chi connectivity index (χ4v) is 2.97. The summed E-state index contributed by atoms with van der Waals surface area (Å²) in [5.41, 5.74) is -0.738. The van der Waals surface area contributed by atoms with Gasteiger partial charge in [0.2, 0.25) is 17.7 Å². The Labute approximate surface area is 138 Å². The monoisotopic (exact) mass is 321 g/mol. The van der Waals surface area contributed by atoms with E-state index in [9.17, 15) is 0 Å². The van der Waals surface area contributed by atoms with Crippen LogP contribution in [0.2, 0.25) is 0 Å². The Morgan fingerprint density at radius 2 is 1.04 bits per heavy atom. The number of aliphatic imine (C=N–C) groups is 3. The van der Waals surface area contributed by atoms with Crippen molar-refractivity contribution in [1.29, 1.82) is 0 Å². The molecule has 3 heterocycles. The van der Waals surface area contributed by atoms with Crippen molar-refractivity contribution in [3.05, 3.63) is 0 Å². The molecule has 0 aromatic heterocycles. The average Bonchev–Trinajstić information content (AvgIpc) is 3.33. The minimum absolute atomic E-state index is 0.192. The molecule has 3 unspecified atom stereocenters. The third kappa shape index (κ3) is 2.83. The summed E-state index contributed by atoms with van der Waals surface area (Å²) < 4.78 is 17.7. The van der Waals surface area contributed by atoms with E-state index in [1.807, 2.05) is 6.92 Å². The minimum atomic E-state index is -0.738. The fourth-order valence-electron chi connectivity index (χ4n) is 2.97. The molecule has 23 heavy (non-hydrogen) atoms. The van der Waals surface area contributed by atoms with E-state index in [4.69, 9.17) is 29.2 Å². The largest absolute Gasteiger partial charge is 0.478 e. The Balaban J connectivity index is 1.97. The van der Waals surface area contributed by atoms with Gasteiger partial charge in [-0.25, -0.2) is 15.0 Å². The summed E-state index contributed by atoms with van der Waals surface area (Å²) in [5.74, 6) is 1.90. The van der Waals surface area contributed by atoms with Gasteiger partial charge in [0.15, 0.2) is 5.41 Å². The predicted octanol–water partition coefficient (Wildman–Crippen LogP) is 2.61. The van der Waals surface area contributed by atoms with Crippen molar-refractivity contribution in [2.75, 3.05) is 19.8 Å². The van der Waals surface area contributed by atoms with E-state index in [-0.39, 0.29) is 18.1 Å². The lowest BCUT2D eigenvalue weighted by atomic mass is 9.89. The van der Waals surface area contributed by atoms with Crippen LogP contribution in [-0.2, 0) is 14.2 Å². The number of ether oxygens (including phenoxy) is 3. The van der Waals surface area contributed by atoms with Gasteiger partial charge in [-0.3, -0.25) is 0 Å². The summed E-state index contributed by atoms with van der Waals surface area (Å²) in [6.07, 6.45) is 2.86. The molecule has 0 radical (unpaired) electrons. The lowest BCUT2D eigenvalue weighted by Crippen LogP contribution is -2.44.